The highest BCUT2D eigenvalue weighted by atomic mass is 16.5. The highest BCUT2D eigenvalue weighted by Gasteiger charge is 2.06. The first-order valence-electron chi connectivity index (χ1n) is 6.73. The first-order chi connectivity index (χ1) is 10.2. The third-order valence-corrected chi connectivity index (χ3v) is 3.12. The molecule has 0 radical (unpaired) electrons. The van der Waals surface area contributed by atoms with Crippen molar-refractivity contribution in [2.45, 2.75) is 13.0 Å². The van der Waals surface area contributed by atoms with Crippen LogP contribution >= 0.6 is 0 Å². The number of ether oxygens (including phenoxy) is 2. The molecule has 2 rings (SSSR count). The van der Waals surface area contributed by atoms with Crippen molar-refractivity contribution in [1.29, 1.82) is 0 Å². The Hall–Kier alpha value is -2.33. The lowest BCUT2D eigenvalue weighted by molar-refractivity contribution is 0.0600. The van der Waals surface area contributed by atoms with E-state index in [1.807, 2.05) is 36.4 Å². The number of carbonyl (C=O) groups excluding carboxylic acids is 1. The van der Waals surface area contributed by atoms with Gasteiger partial charge in [0.2, 0.25) is 0 Å². The molecule has 0 bridgehead atoms. The molecule has 0 atom stereocenters. The molecule has 4 heteroatoms. The third kappa shape index (κ3) is 4.07. The fourth-order valence-electron chi connectivity index (χ4n) is 1.99. The molecule has 0 amide bonds. The highest BCUT2D eigenvalue weighted by Crippen LogP contribution is 2.20. The zero-order valence-electron chi connectivity index (χ0n) is 11.9. The Morgan fingerprint density at radius 2 is 1.81 bits per heavy atom. The summed E-state index contributed by atoms with van der Waals surface area (Å²) in [6.07, 6.45) is 0.567. The van der Waals surface area contributed by atoms with Crippen molar-refractivity contribution in [3.63, 3.8) is 0 Å². The summed E-state index contributed by atoms with van der Waals surface area (Å²) in [6, 6.07) is 14.7. The van der Waals surface area contributed by atoms with Gasteiger partial charge in [0.25, 0.3) is 0 Å². The van der Waals surface area contributed by atoms with Gasteiger partial charge >= 0.3 is 5.97 Å². The summed E-state index contributed by atoms with van der Waals surface area (Å²) in [7, 11) is 1.36. The first-order valence-corrected chi connectivity index (χ1v) is 6.73. The van der Waals surface area contributed by atoms with Gasteiger partial charge in [-0.25, -0.2) is 4.79 Å². The summed E-state index contributed by atoms with van der Waals surface area (Å²) in [5.74, 6) is 0.416. The number of methoxy groups -OCH3 is 1. The van der Waals surface area contributed by atoms with Gasteiger partial charge in [-0.15, -0.1) is 0 Å². The fraction of sp³-hybridized carbons (Fsp3) is 0.235. The van der Waals surface area contributed by atoms with Crippen LogP contribution in [0.15, 0.2) is 48.5 Å². The summed E-state index contributed by atoms with van der Waals surface area (Å²) in [6.45, 7) is 0.498. The zero-order chi connectivity index (χ0) is 15.1. The van der Waals surface area contributed by atoms with Gasteiger partial charge < -0.3 is 14.6 Å². The van der Waals surface area contributed by atoms with Gasteiger partial charge in [-0.2, -0.15) is 0 Å². The fourth-order valence-corrected chi connectivity index (χ4v) is 1.99. The lowest BCUT2D eigenvalue weighted by Gasteiger charge is -2.11. The van der Waals surface area contributed by atoms with E-state index in [1.54, 1.807) is 12.1 Å². The molecule has 0 aliphatic rings. The molecule has 0 heterocycles. The molecule has 1 N–H and O–H groups in total. The van der Waals surface area contributed by atoms with Gasteiger partial charge in [-0.3, -0.25) is 0 Å². The number of hydrogen-bond acceptors (Lipinski definition) is 4. The van der Waals surface area contributed by atoms with Crippen LogP contribution in [0.2, 0.25) is 0 Å². The molecule has 0 unspecified atom stereocenters. The Labute approximate surface area is 123 Å². The average molecular weight is 286 g/mol. The molecular formula is C17H18O4. The third-order valence-electron chi connectivity index (χ3n) is 3.12. The van der Waals surface area contributed by atoms with Gasteiger partial charge in [0.05, 0.1) is 12.7 Å². The van der Waals surface area contributed by atoms with E-state index in [4.69, 9.17) is 9.84 Å². The van der Waals surface area contributed by atoms with Crippen molar-refractivity contribution in [2.24, 2.45) is 0 Å². The number of aliphatic hydroxyl groups is 1. The minimum atomic E-state index is -0.351. The first kappa shape index (κ1) is 15.1. The Balaban J connectivity index is 2.01. The molecule has 0 aromatic heterocycles. The lowest BCUT2D eigenvalue weighted by Crippen LogP contribution is -2.03. The smallest absolute Gasteiger partial charge is 0.337 e. The second kappa shape index (κ2) is 7.45. The SMILES string of the molecule is COC(=O)c1ccc(COc2ccccc2CCO)cc1. The molecule has 0 aliphatic heterocycles. The van der Waals surface area contributed by atoms with E-state index in [-0.39, 0.29) is 12.6 Å². The number of rotatable bonds is 6. The van der Waals surface area contributed by atoms with E-state index in [0.717, 1.165) is 16.9 Å². The van der Waals surface area contributed by atoms with Crippen molar-refractivity contribution < 1.29 is 19.4 Å². The van der Waals surface area contributed by atoms with E-state index < -0.39 is 0 Å². The van der Waals surface area contributed by atoms with Crippen LogP contribution < -0.4 is 4.74 Å². The summed E-state index contributed by atoms with van der Waals surface area (Å²) >= 11 is 0. The maximum absolute atomic E-state index is 11.3. The van der Waals surface area contributed by atoms with Crippen molar-refractivity contribution in [1.82, 2.24) is 0 Å². The van der Waals surface area contributed by atoms with E-state index in [1.165, 1.54) is 7.11 Å². The quantitative estimate of drug-likeness (QED) is 0.829. The van der Waals surface area contributed by atoms with Crippen LogP contribution in [0.4, 0.5) is 0 Å². The molecule has 0 aliphatic carbocycles. The maximum atomic E-state index is 11.3. The van der Waals surface area contributed by atoms with Gasteiger partial charge in [0, 0.05) is 6.61 Å². The Kier molecular flexibility index (Phi) is 5.35. The summed E-state index contributed by atoms with van der Waals surface area (Å²) in [4.78, 5) is 11.3. The Morgan fingerprint density at radius 1 is 1.10 bits per heavy atom. The van der Waals surface area contributed by atoms with E-state index in [2.05, 4.69) is 4.74 Å². The number of esters is 1. The predicted octanol–water partition coefficient (Wildman–Crippen LogP) is 2.59. The minimum absolute atomic E-state index is 0.0915. The predicted molar refractivity (Wildman–Crippen MR) is 79.3 cm³/mol. The molecule has 0 spiro atoms. The molecule has 21 heavy (non-hydrogen) atoms. The molecule has 0 fully saturated rings. The average Bonchev–Trinajstić information content (AvgIpc) is 2.54. The summed E-state index contributed by atoms with van der Waals surface area (Å²) in [5, 5.41) is 9.04. The number of para-hydroxylation sites is 1. The van der Waals surface area contributed by atoms with Crippen molar-refractivity contribution in [3.05, 3.63) is 65.2 Å². The van der Waals surface area contributed by atoms with Crippen LogP contribution in [0.1, 0.15) is 21.5 Å². The molecule has 0 saturated carbocycles. The molecule has 2 aromatic rings. The van der Waals surface area contributed by atoms with Gasteiger partial charge in [0.15, 0.2) is 0 Å². The monoisotopic (exact) mass is 286 g/mol. The van der Waals surface area contributed by atoms with Crippen LogP contribution in [0.25, 0.3) is 0 Å². The maximum Gasteiger partial charge on any atom is 0.337 e. The normalized spacial score (nSPS) is 10.2. The minimum Gasteiger partial charge on any atom is -0.489 e. The zero-order valence-corrected chi connectivity index (χ0v) is 11.9. The number of hydrogen-bond donors (Lipinski definition) is 1. The largest absolute Gasteiger partial charge is 0.489 e. The van der Waals surface area contributed by atoms with Crippen molar-refractivity contribution in [3.8, 4) is 5.75 Å². The lowest BCUT2D eigenvalue weighted by atomic mass is 10.1. The topological polar surface area (TPSA) is 55.8 Å². The standard InChI is InChI=1S/C17H18O4/c1-20-17(19)15-8-6-13(7-9-15)12-21-16-5-3-2-4-14(16)10-11-18/h2-9,18H,10-12H2,1H3. The van der Waals surface area contributed by atoms with Gasteiger partial charge in [-0.1, -0.05) is 30.3 Å². The van der Waals surface area contributed by atoms with E-state index >= 15 is 0 Å². The van der Waals surface area contributed by atoms with Gasteiger partial charge in [0.1, 0.15) is 12.4 Å². The van der Waals surface area contributed by atoms with Crippen molar-refractivity contribution >= 4 is 5.97 Å². The number of aliphatic hydroxyl groups excluding tert-OH is 1. The number of carbonyl (C=O) groups is 1. The second-order valence-electron chi connectivity index (χ2n) is 4.56. The number of benzene rings is 2. The second-order valence-corrected chi connectivity index (χ2v) is 4.56. The van der Waals surface area contributed by atoms with Crippen LogP contribution in [-0.4, -0.2) is 24.8 Å². The summed E-state index contributed by atoms with van der Waals surface area (Å²) < 4.78 is 10.4. The Bertz CT molecular complexity index is 590. The van der Waals surface area contributed by atoms with Gasteiger partial charge in [-0.05, 0) is 35.7 Å². The van der Waals surface area contributed by atoms with Crippen molar-refractivity contribution in [2.75, 3.05) is 13.7 Å². The van der Waals surface area contributed by atoms with Crippen LogP contribution in [-0.2, 0) is 17.8 Å². The molecule has 2 aromatic carbocycles. The van der Waals surface area contributed by atoms with E-state index in [9.17, 15) is 4.79 Å². The van der Waals surface area contributed by atoms with E-state index in [0.29, 0.717) is 18.6 Å². The molecule has 110 valence electrons. The molecular weight excluding hydrogens is 268 g/mol. The Morgan fingerprint density at radius 3 is 2.48 bits per heavy atom. The summed E-state index contributed by atoms with van der Waals surface area (Å²) in [5.41, 5.74) is 2.45. The highest BCUT2D eigenvalue weighted by molar-refractivity contribution is 5.89. The van der Waals surface area contributed by atoms with Crippen LogP contribution in [0.5, 0.6) is 5.75 Å². The van der Waals surface area contributed by atoms with Crippen LogP contribution in [0, 0.1) is 0 Å². The van der Waals surface area contributed by atoms with Crippen LogP contribution in [0.3, 0.4) is 0 Å². The molecule has 0 saturated heterocycles. The molecule has 4 nitrogen and oxygen atoms in total.